The molecule has 1 aromatic rings. The van der Waals surface area contributed by atoms with Crippen molar-refractivity contribution in [2.45, 2.75) is 18.7 Å². The summed E-state index contributed by atoms with van der Waals surface area (Å²) in [4.78, 5) is 1.12. The summed E-state index contributed by atoms with van der Waals surface area (Å²) in [6.07, 6.45) is 0. The maximum Gasteiger partial charge on any atom is 0.0455 e. The fourth-order valence-corrected chi connectivity index (χ4v) is 1.49. The number of nitrogen functional groups attached to an aromatic ring is 1. The molecule has 0 unspecified atom stereocenters. The van der Waals surface area contributed by atoms with Crippen LogP contribution in [0.5, 0.6) is 0 Å². The Balaban J connectivity index is 2.76. The van der Waals surface area contributed by atoms with Crippen molar-refractivity contribution in [3.05, 3.63) is 35.2 Å². The van der Waals surface area contributed by atoms with Gasteiger partial charge in [-0.3, -0.25) is 0 Å². The minimum atomic E-state index is 0.847. The molecule has 0 bridgehead atoms. The highest BCUT2D eigenvalue weighted by Gasteiger charge is 1.94. The lowest BCUT2D eigenvalue weighted by molar-refractivity contribution is 1.41. The van der Waals surface area contributed by atoms with Gasteiger partial charge in [0.1, 0.15) is 0 Å². The highest BCUT2D eigenvalue weighted by molar-refractivity contribution is 8.02. The van der Waals surface area contributed by atoms with Crippen molar-refractivity contribution in [1.82, 2.24) is 0 Å². The molecule has 0 fully saturated rings. The second kappa shape index (κ2) is 4.21. The van der Waals surface area contributed by atoms with Crippen LogP contribution in [-0.4, -0.2) is 0 Å². The topological polar surface area (TPSA) is 26.0 Å². The molecule has 0 aliphatic rings. The van der Waals surface area contributed by atoms with Gasteiger partial charge in [0.15, 0.2) is 0 Å². The van der Waals surface area contributed by atoms with Crippen LogP contribution in [-0.2, 0) is 0 Å². The maximum atomic E-state index is 5.76. The number of para-hydroxylation sites is 1. The average molecular weight is 179 g/mol. The first kappa shape index (κ1) is 9.20. The van der Waals surface area contributed by atoms with Gasteiger partial charge in [-0.05, 0) is 31.4 Å². The molecule has 0 saturated heterocycles. The summed E-state index contributed by atoms with van der Waals surface area (Å²) < 4.78 is 0. The van der Waals surface area contributed by atoms with Gasteiger partial charge in [0.2, 0.25) is 0 Å². The van der Waals surface area contributed by atoms with Crippen LogP contribution in [0.15, 0.2) is 40.1 Å². The first-order chi connectivity index (χ1) is 5.70. The van der Waals surface area contributed by atoms with Crippen molar-refractivity contribution in [2.24, 2.45) is 0 Å². The quantitative estimate of drug-likeness (QED) is 0.557. The van der Waals surface area contributed by atoms with E-state index in [1.807, 2.05) is 24.3 Å². The Morgan fingerprint density at radius 2 is 2.00 bits per heavy atom. The monoisotopic (exact) mass is 179 g/mol. The molecule has 0 aliphatic carbocycles. The number of nitrogens with two attached hydrogens (primary N) is 1. The van der Waals surface area contributed by atoms with E-state index >= 15 is 0 Å². The molecule has 0 atom stereocenters. The lowest BCUT2D eigenvalue weighted by Gasteiger charge is -2.00. The number of thioether (sulfide) groups is 1. The van der Waals surface area contributed by atoms with Gasteiger partial charge in [0, 0.05) is 10.6 Å². The summed E-state index contributed by atoms with van der Waals surface area (Å²) >= 11 is 1.67. The van der Waals surface area contributed by atoms with Crippen molar-refractivity contribution < 1.29 is 0 Å². The largest absolute Gasteiger partial charge is 0.398 e. The molecule has 2 N–H and O–H groups in total. The summed E-state index contributed by atoms with van der Waals surface area (Å²) in [6.45, 7) is 4.15. The fourth-order valence-electron chi connectivity index (χ4n) is 0.769. The average Bonchev–Trinajstić information content (AvgIpc) is 2.03. The number of rotatable bonds is 2. The zero-order valence-electron chi connectivity index (χ0n) is 7.37. The molecule has 12 heavy (non-hydrogen) atoms. The third kappa shape index (κ3) is 2.62. The molecule has 2 heteroatoms. The van der Waals surface area contributed by atoms with Crippen molar-refractivity contribution in [3.8, 4) is 0 Å². The molecule has 0 amide bonds. The van der Waals surface area contributed by atoms with Crippen molar-refractivity contribution in [3.63, 3.8) is 0 Å². The number of anilines is 1. The van der Waals surface area contributed by atoms with Gasteiger partial charge in [-0.2, -0.15) is 0 Å². The van der Waals surface area contributed by atoms with Crippen LogP contribution in [0.4, 0.5) is 5.69 Å². The van der Waals surface area contributed by atoms with Gasteiger partial charge in [-0.15, -0.1) is 0 Å². The second-order valence-corrected chi connectivity index (χ2v) is 3.76. The smallest absolute Gasteiger partial charge is 0.0455 e. The molecule has 0 heterocycles. The zero-order valence-corrected chi connectivity index (χ0v) is 8.19. The Kier molecular flexibility index (Phi) is 3.23. The predicted octanol–water partition coefficient (Wildman–Crippen LogP) is 3.28. The van der Waals surface area contributed by atoms with E-state index in [2.05, 4.69) is 19.3 Å². The van der Waals surface area contributed by atoms with Crippen molar-refractivity contribution in [1.29, 1.82) is 0 Å². The summed E-state index contributed by atoms with van der Waals surface area (Å²) in [5, 5.41) is 2.10. The maximum absolute atomic E-state index is 5.76. The normalized spacial score (nSPS) is 9.50. The minimum Gasteiger partial charge on any atom is -0.398 e. The SMILES string of the molecule is CC(C)=CSc1ccccc1N. The zero-order chi connectivity index (χ0) is 8.97. The van der Waals surface area contributed by atoms with Crippen LogP contribution in [0.25, 0.3) is 0 Å². The number of benzene rings is 1. The van der Waals surface area contributed by atoms with E-state index in [0.29, 0.717) is 0 Å². The molecule has 0 saturated carbocycles. The molecule has 0 spiro atoms. The number of hydrogen-bond acceptors (Lipinski definition) is 2. The van der Waals surface area contributed by atoms with E-state index in [0.717, 1.165) is 10.6 Å². The van der Waals surface area contributed by atoms with Crippen molar-refractivity contribution in [2.75, 3.05) is 5.73 Å². The van der Waals surface area contributed by atoms with Gasteiger partial charge in [0.25, 0.3) is 0 Å². The summed E-state index contributed by atoms with van der Waals surface area (Å²) in [5.41, 5.74) is 7.90. The van der Waals surface area contributed by atoms with E-state index in [9.17, 15) is 0 Å². The molecular weight excluding hydrogens is 166 g/mol. The van der Waals surface area contributed by atoms with Crippen LogP contribution in [0.2, 0.25) is 0 Å². The van der Waals surface area contributed by atoms with Gasteiger partial charge >= 0.3 is 0 Å². The Morgan fingerprint density at radius 1 is 1.33 bits per heavy atom. The molecule has 0 aliphatic heterocycles. The van der Waals surface area contributed by atoms with Crippen LogP contribution >= 0.6 is 11.8 Å². The standard InChI is InChI=1S/C10H13NS/c1-8(2)7-12-10-6-4-3-5-9(10)11/h3-7H,11H2,1-2H3. The first-order valence-electron chi connectivity index (χ1n) is 3.84. The van der Waals surface area contributed by atoms with Crippen LogP contribution < -0.4 is 5.73 Å². The molecule has 0 aromatic heterocycles. The second-order valence-electron chi connectivity index (χ2n) is 2.85. The van der Waals surface area contributed by atoms with E-state index in [1.165, 1.54) is 5.57 Å². The van der Waals surface area contributed by atoms with Crippen LogP contribution in [0.3, 0.4) is 0 Å². The molecule has 64 valence electrons. The number of hydrogen-bond donors (Lipinski definition) is 1. The summed E-state index contributed by atoms with van der Waals surface area (Å²) in [5.74, 6) is 0. The van der Waals surface area contributed by atoms with Crippen molar-refractivity contribution >= 4 is 17.4 Å². The molecule has 1 nitrogen and oxygen atoms in total. The molecule has 1 aromatic carbocycles. The van der Waals surface area contributed by atoms with E-state index < -0.39 is 0 Å². The Labute approximate surface area is 77.7 Å². The molecule has 1 rings (SSSR count). The predicted molar refractivity (Wildman–Crippen MR) is 56.1 cm³/mol. The van der Waals surface area contributed by atoms with E-state index in [-0.39, 0.29) is 0 Å². The summed E-state index contributed by atoms with van der Waals surface area (Å²) in [6, 6.07) is 7.89. The van der Waals surface area contributed by atoms with Crippen LogP contribution in [0, 0.1) is 0 Å². The molecule has 0 radical (unpaired) electrons. The highest BCUT2D eigenvalue weighted by atomic mass is 32.2. The van der Waals surface area contributed by atoms with Gasteiger partial charge in [-0.25, -0.2) is 0 Å². The molecular formula is C10H13NS. The lowest BCUT2D eigenvalue weighted by atomic mass is 10.3. The van der Waals surface area contributed by atoms with Gasteiger partial charge < -0.3 is 5.73 Å². The Bertz CT molecular complexity index is 288. The Morgan fingerprint density at radius 3 is 2.58 bits per heavy atom. The van der Waals surface area contributed by atoms with Crippen LogP contribution in [0.1, 0.15) is 13.8 Å². The minimum absolute atomic E-state index is 0.847. The third-order valence-corrected chi connectivity index (χ3v) is 2.56. The summed E-state index contributed by atoms with van der Waals surface area (Å²) in [7, 11) is 0. The van der Waals surface area contributed by atoms with Gasteiger partial charge in [0.05, 0.1) is 0 Å². The highest BCUT2D eigenvalue weighted by Crippen LogP contribution is 2.25. The Hall–Kier alpha value is -0.890. The fraction of sp³-hybridized carbons (Fsp3) is 0.200. The lowest BCUT2D eigenvalue weighted by Crippen LogP contribution is -1.85. The number of allylic oxidation sites excluding steroid dienone is 1. The van der Waals surface area contributed by atoms with E-state index in [4.69, 9.17) is 5.73 Å². The third-order valence-electron chi connectivity index (χ3n) is 1.34. The van der Waals surface area contributed by atoms with Gasteiger partial charge in [-0.1, -0.05) is 29.5 Å². The first-order valence-corrected chi connectivity index (χ1v) is 4.72. The van der Waals surface area contributed by atoms with E-state index in [1.54, 1.807) is 11.8 Å².